The van der Waals surface area contributed by atoms with Crippen molar-refractivity contribution in [2.24, 2.45) is 0 Å². The largest absolute Gasteiger partial charge is 0.462 e. The third kappa shape index (κ3) is 42.1. The molecule has 0 aliphatic rings. The van der Waals surface area contributed by atoms with Crippen LogP contribution in [-0.2, 0) is 14.3 Å². The summed E-state index contributed by atoms with van der Waals surface area (Å²) >= 11 is 0. The van der Waals surface area contributed by atoms with E-state index in [-0.39, 0.29) is 24.9 Å². The third-order valence-electron chi connectivity index (χ3n) is 11.2. The van der Waals surface area contributed by atoms with Crippen LogP contribution in [0.25, 0.3) is 0 Å². The number of hydrogen-bond donors (Lipinski definition) is 3. The van der Waals surface area contributed by atoms with Crippen LogP contribution in [0.15, 0.2) is 60.8 Å². The monoisotopic (exact) mass is 826 g/mol. The molecule has 0 saturated carbocycles. The van der Waals surface area contributed by atoms with Gasteiger partial charge >= 0.3 is 5.97 Å². The molecule has 0 aromatic rings. The van der Waals surface area contributed by atoms with Gasteiger partial charge in [0.05, 0.1) is 25.2 Å². The van der Waals surface area contributed by atoms with Crippen molar-refractivity contribution >= 4 is 11.9 Å². The molecular weight excluding hydrogens is 731 g/mol. The predicted octanol–water partition coefficient (Wildman–Crippen LogP) is 14.8. The summed E-state index contributed by atoms with van der Waals surface area (Å²) in [6, 6.07) is -0.711. The molecule has 3 unspecified atom stereocenters. The van der Waals surface area contributed by atoms with Crippen molar-refractivity contribution in [2.45, 2.75) is 257 Å². The number of unbranched alkanes of at least 4 members (excludes halogenated alkanes) is 25. The molecule has 0 aliphatic heterocycles. The number of nitrogens with one attached hydrogen (secondary N) is 1. The fourth-order valence-corrected chi connectivity index (χ4v) is 7.38. The first-order chi connectivity index (χ1) is 29.0. The van der Waals surface area contributed by atoms with Crippen LogP contribution < -0.4 is 5.32 Å². The maximum atomic E-state index is 13.2. The standard InChI is InChI=1S/C53H95NO5/c1-4-7-10-13-16-19-22-24-25-26-27-29-30-32-35-38-41-44-49(59-53(58)46-43-40-37-34-31-28-23-20-17-14-11-8-5-2)47-52(57)54-50(48-55)51(56)45-42-39-36-33-21-18-15-12-9-6-3/h8,11,14,17,20,23-25,28,31,49-51,55-56H,4-7,9-10,12-13,15-16,18-19,21-22,26-27,29-30,32-48H2,1-3H3,(H,54,57)/b11-8+,17-14+,23-20-,25-24+,31-28-. The molecule has 0 radical (unpaired) electrons. The van der Waals surface area contributed by atoms with Crippen molar-refractivity contribution in [1.82, 2.24) is 5.32 Å². The Balaban J connectivity index is 4.65. The molecule has 0 bridgehead atoms. The minimum absolute atomic E-state index is 0.0575. The Hall–Kier alpha value is -2.44. The van der Waals surface area contributed by atoms with Crippen molar-refractivity contribution in [1.29, 1.82) is 0 Å². The van der Waals surface area contributed by atoms with Crippen LogP contribution in [0.3, 0.4) is 0 Å². The average Bonchev–Trinajstić information content (AvgIpc) is 3.23. The SMILES string of the molecule is CC/C=C/C=C/C=C\C=C/CCCCCC(=O)OC(CCCCCCCCC/C=C/CCCCCCCC)CC(=O)NC(CO)C(O)CCCCCCCCCCCC. The predicted molar refractivity (Wildman–Crippen MR) is 255 cm³/mol. The second kappa shape index (κ2) is 46.6. The van der Waals surface area contributed by atoms with Crippen LogP contribution >= 0.6 is 0 Å². The number of rotatable bonds is 44. The Labute approximate surface area is 365 Å². The van der Waals surface area contributed by atoms with Crippen molar-refractivity contribution in [3.05, 3.63) is 60.8 Å². The fraction of sp³-hybridized carbons (Fsp3) is 0.774. The summed E-state index contributed by atoms with van der Waals surface area (Å²) in [6.45, 7) is 6.32. The quantitative estimate of drug-likeness (QED) is 0.0246. The highest BCUT2D eigenvalue weighted by Crippen LogP contribution is 2.17. The van der Waals surface area contributed by atoms with Crippen molar-refractivity contribution in [2.75, 3.05) is 6.61 Å². The van der Waals surface area contributed by atoms with Gasteiger partial charge < -0.3 is 20.3 Å². The minimum Gasteiger partial charge on any atom is -0.462 e. The number of aliphatic hydroxyl groups is 2. The molecule has 0 saturated heterocycles. The summed E-state index contributed by atoms with van der Waals surface area (Å²) in [5.74, 6) is -0.523. The number of carbonyl (C=O) groups is 2. The van der Waals surface area contributed by atoms with Crippen molar-refractivity contribution in [3.63, 3.8) is 0 Å². The van der Waals surface area contributed by atoms with Gasteiger partial charge in [-0.1, -0.05) is 216 Å². The molecule has 3 atom stereocenters. The number of hydrogen-bond acceptors (Lipinski definition) is 5. The molecule has 6 nitrogen and oxygen atoms in total. The lowest BCUT2D eigenvalue weighted by Gasteiger charge is -2.24. The fourth-order valence-electron chi connectivity index (χ4n) is 7.38. The van der Waals surface area contributed by atoms with Gasteiger partial charge in [0.25, 0.3) is 0 Å². The van der Waals surface area contributed by atoms with E-state index in [2.05, 4.69) is 62.5 Å². The van der Waals surface area contributed by atoms with Gasteiger partial charge in [0.15, 0.2) is 0 Å². The Morgan fingerprint density at radius 2 is 0.932 bits per heavy atom. The van der Waals surface area contributed by atoms with Crippen LogP contribution in [0.2, 0.25) is 0 Å². The highest BCUT2D eigenvalue weighted by Gasteiger charge is 2.24. The summed E-state index contributed by atoms with van der Waals surface area (Å²) < 4.78 is 5.91. The van der Waals surface area contributed by atoms with Gasteiger partial charge in [-0.25, -0.2) is 0 Å². The van der Waals surface area contributed by atoms with Gasteiger partial charge in [0, 0.05) is 6.42 Å². The van der Waals surface area contributed by atoms with E-state index in [9.17, 15) is 19.8 Å². The second-order valence-electron chi connectivity index (χ2n) is 16.9. The second-order valence-corrected chi connectivity index (χ2v) is 16.9. The lowest BCUT2D eigenvalue weighted by molar-refractivity contribution is -0.151. The summed E-state index contributed by atoms with van der Waals surface area (Å²) in [6.07, 6.45) is 57.1. The van der Waals surface area contributed by atoms with E-state index in [0.717, 1.165) is 70.6 Å². The molecule has 59 heavy (non-hydrogen) atoms. The lowest BCUT2D eigenvalue weighted by Crippen LogP contribution is -2.46. The van der Waals surface area contributed by atoms with E-state index in [1.54, 1.807) is 0 Å². The third-order valence-corrected chi connectivity index (χ3v) is 11.2. The molecule has 0 aromatic carbocycles. The molecule has 0 heterocycles. The van der Waals surface area contributed by atoms with Crippen molar-refractivity contribution in [3.8, 4) is 0 Å². The number of allylic oxidation sites excluding steroid dienone is 10. The number of esters is 1. The van der Waals surface area contributed by atoms with Crippen molar-refractivity contribution < 1.29 is 24.5 Å². The van der Waals surface area contributed by atoms with Gasteiger partial charge in [-0.15, -0.1) is 0 Å². The van der Waals surface area contributed by atoms with E-state index in [0.29, 0.717) is 19.3 Å². The van der Waals surface area contributed by atoms with Crippen LogP contribution in [0.4, 0.5) is 0 Å². The first kappa shape index (κ1) is 56.6. The molecule has 3 N–H and O–H groups in total. The van der Waals surface area contributed by atoms with Gasteiger partial charge in [-0.2, -0.15) is 0 Å². The number of aliphatic hydroxyl groups excluding tert-OH is 2. The number of ether oxygens (including phenoxy) is 1. The number of carbonyl (C=O) groups excluding carboxylic acids is 2. The van der Waals surface area contributed by atoms with Gasteiger partial charge in [-0.05, 0) is 70.6 Å². The number of amides is 1. The average molecular weight is 826 g/mol. The summed E-state index contributed by atoms with van der Waals surface area (Å²) in [4.78, 5) is 26.1. The Morgan fingerprint density at radius 3 is 1.44 bits per heavy atom. The summed E-state index contributed by atoms with van der Waals surface area (Å²) in [5.41, 5.74) is 0. The smallest absolute Gasteiger partial charge is 0.306 e. The van der Waals surface area contributed by atoms with Crippen LogP contribution in [0.5, 0.6) is 0 Å². The van der Waals surface area contributed by atoms with Gasteiger partial charge in [0.2, 0.25) is 5.91 Å². The van der Waals surface area contributed by atoms with Gasteiger partial charge in [0.1, 0.15) is 6.10 Å². The van der Waals surface area contributed by atoms with Crippen LogP contribution in [-0.4, -0.2) is 46.9 Å². The Kier molecular flexibility index (Phi) is 44.7. The van der Waals surface area contributed by atoms with Gasteiger partial charge in [-0.3, -0.25) is 9.59 Å². The Morgan fingerprint density at radius 1 is 0.508 bits per heavy atom. The van der Waals surface area contributed by atoms with E-state index in [1.165, 1.54) is 122 Å². The Bertz CT molecular complexity index is 1060. The molecule has 1 amide bonds. The summed E-state index contributed by atoms with van der Waals surface area (Å²) in [5, 5.41) is 23.7. The molecular formula is C53H95NO5. The van der Waals surface area contributed by atoms with E-state index in [1.807, 2.05) is 24.3 Å². The lowest BCUT2D eigenvalue weighted by atomic mass is 10.0. The zero-order valence-electron chi connectivity index (χ0n) is 38.9. The molecule has 0 aliphatic carbocycles. The van der Waals surface area contributed by atoms with Crippen LogP contribution in [0, 0.1) is 0 Å². The zero-order valence-corrected chi connectivity index (χ0v) is 38.9. The molecule has 0 fully saturated rings. The molecule has 0 aromatic heterocycles. The molecule has 6 heteroatoms. The highest BCUT2D eigenvalue weighted by atomic mass is 16.5. The summed E-state index contributed by atoms with van der Waals surface area (Å²) in [7, 11) is 0. The normalized spacial score (nSPS) is 13.8. The maximum absolute atomic E-state index is 13.2. The molecule has 342 valence electrons. The van der Waals surface area contributed by atoms with E-state index >= 15 is 0 Å². The van der Waals surface area contributed by atoms with E-state index < -0.39 is 18.2 Å². The van der Waals surface area contributed by atoms with Crippen LogP contribution in [0.1, 0.15) is 239 Å². The maximum Gasteiger partial charge on any atom is 0.306 e. The molecule has 0 spiro atoms. The highest BCUT2D eigenvalue weighted by molar-refractivity contribution is 5.77. The zero-order chi connectivity index (χ0) is 43.1. The first-order valence-corrected chi connectivity index (χ1v) is 25.1. The van der Waals surface area contributed by atoms with E-state index in [4.69, 9.17) is 4.74 Å². The minimum atomic E-state index is -0.796. The first-order valence-electron chi connectivity index (χ1n) is 25.1. The topological polar surface area (TPSA) is 95.9 Å². The molecule has 0 rings (SSSR count).